The molecule has 0 atom stereocenters. The molecule has 6 rings (SSSR count). The number of benzene rings is 4. The van der Waals surface area contributed by atoms with E-state index < -0.39 is 15.9 Å². The topological polar surface area (TPSA) is 117 Å². The molecule has 0 aliphatic carbocycles. The second-order valence-electron chi connectivity index (χ2n) is 8.57. The Morgan fingerprint density at radius 2 is 1.44 bits per heavy atom. The van der Waals surface area contributed by atoms with Crippen molar-refractivity contribution in [3.05, 3.63) is 150 Å². The molecule has 2 N–H and O–H groups in total. The van der Waals surface area contributed by atoms with Crippen LogP contribution in [0, 0.1) is 13.0 Å². The van der Waals surface area contributed by atoms with E-state index in [1.807, 2.05) is 55.5 Å². The van der Waals surface area contributed by atoms with Gasteiger partial charge in [-0.25, -0.2) is 8.42 Å². The molecule has 41 heavy (non-hydrogen) atoms. The van der Waals surface area contributed by atoms with Gasteiger partial charge in [-0.3, -0.25) is 14.8 Å². The van der Waals surface area contributed by atoms with Gasteiger partial charge in [0.2, 0.25) is 5.91 Å². The minimum Gasteiger partial charge on any atom is -0.572 e. The van der Waals surface area contributed by atoms with E-state index in [4.69, 9.17) is 5.73 Å². The number of hydrogen-bond donors (Lipinski definition) is 1. The van der Waals surface area contributed by atoms with Crippen molar-refractivity contribution in [2.24, 2.45) is 5.73 Å². The summed E-state index contributed by atoms with van der Waals surface area (Å²) in [6.45, 7) is 1.91. The van der Waals surface area contributed by atoms with E-state index in [9.17, 15) is 13.2 Å². The Balaban J connectivity index is 0.000000237. The summed E-state index contributed by atoms with van der Waals surface area (Å²) in [5.74, 6) is -0.399. The van der Waals surface area contributed by atoms with Gasteiger partial charge in [-0.05, 0) is 48.0 Å². The van der Waals surface area contributed by atoms with E-state index in [0.717, 1.165) is 27.2 Å². The molecule has 0 saturated carbocycles. The zero-order chi connectivity index (χ0) is 28.4. The SMILES string of the molecule is Cc1ccc(S(=O)(=O)[N-]c2cccc3ccc4cccnc4c23)cc1.NC(=O)c1cc[c-]cc1.[Pd+2].c1ccncc1. The van der Waals surface area contributed by atoms with E-state index in [0.29, 0.717) is 11.3 Å². The Hall–Kier alpha value is -4.42. The maximum Gasteiger partial charge on any atom is 2.00 e. The summed E-state index contributed by atoms with van der Waals surface area (Å²) in [6.07, 6.45) is 5.20. The van der Waals surface area contributed by atoms with Gasteiger partial charge in [-0.1, -0.05) is 65.7 Å². The molecule has 0 saturated heterocycles. The van der Waals surface area contributed by atoms with Gasteiger partial charge in [0, 0.05) is 24.0 Å². The number of pyridine rings is 2. The van der Waals surface area contributed by atoms with Crippen molar-refractivity contribution in [3.63, 3.8) is 0 Å². The summed E-state index contributed by atoms with van der Waals surface area (Å²) < 4.78 is 29.5. The first-order chi connectivity index (χ1) is 19.3. The second-order valence-corrected chi connectivity index (χ2v) is 10.2. The molecule has 208 valence electrons. The Bertz CT molecular complexity index is 1790. The summed E-state index contributed by atoms with van der Waals surface area (Å²) in [7, 11) is -3.79. The monoisotopic (exact) mass is 652 g/mol. The van der Waals surface area contributed by atoms with E-state index in [1.54, 1.807) is 79.3 Å². The molecule has 2 aromatic heterocycles. The van der Waals surface area contributed by atoms with E-state index in [2.05, 4.69) is 20.8 Å². The number of aromatic nitrogens is 2. The maximum atomic E-state index is 12.7. The molecular formula is C32H26N4O3PdS. The third-order valence-corrected chi connectivity index (χ3v) is 7.00. The number of fused-ring (bicyclic) bond motifs is 3. The van der Waals surface area contributed by atoms with Crippen molar-refractivity contribution in [3.8, 4) is 0 Å². The van der Waals surface area contributed by atoms with E-state index >= 15 is 0 Å². The second kappa shape index (κ2) is 14.8. The Kier molecular flexibility index (Phi) is 11.2. The van der Waals surface area contributed by atoms with Crippen LogP contribution in [0.5, 0.6) is 0 Å². The molecular weight excluding hydrogens is 627 g/mol. The zero-order valence-corrected chi connectivity index (χ0v) is 24.4. The number of nitrogens with two attached hydrogens (primary N) is 1. The smallest absolute Gasteiger partial charge is 0.572 e. The number of sulfonamides is 1. The number of nitrogens with zero attached hydrogens (tertiary/aromatic N) is 3. The summed E-state index contributed by atoms with van der Waals surface area (Å²) in [6, 6.07) is 34.9. The number of carbonyl (C=O) groups excluding carboxylic acids is 1. The van der Waals surface area contributed by atoms with Gasteiger partial charge in [-0.15, -0.1) is 5.69 Å². The number of amides is 1. The summed E-state index contributed by atoms with van der Waals surface area (Å²) in [4.78, 5) is 18.8. The van der Waals surface area contributed by atoms with Gasteiger partial charge in [0.1, 0.15) is 10.0 Å². The van der Waals surface area contributed by atoms with Crippen molar-refractivity contribution in [2.75, 3.05) is 0 Å². The first kappa shape index (κ1) is 31.1. The van der Waals surface area contributed by atoms with Crippen LogP contribution in [0.4, 0.5) is 5.69 Å². The van der Waals surface area contributed by atoms with Gasteiger partial charge < -0.3 is 10.5 Å². The molecule has 2 heterocycles. The molecule has 0 spiro atoms. The normalized spacial score (nSPS) is 10.3. The molecule has 0 fully saturated rings. The van der Waals surface area contributed by atoms with E-state index in [-0.39, 0.29) is 25.3 Å². The molecule has 0 aliphatic heterocycles. The van der Waals surface area contributed by atoms with E-state index in [1.165, 1.54) is 0 Å². The van der Waals surface area contributed by atoms with Crippen LogP contribution in [0.2, 0.25) is 0 Å². The van der Waals surface area contributed by atoms with Gasteiger partial charge in [0.15, 0.2) is 0 Å². The Morgan fingerprint density at radius 3 is 2.02 bits per heavy atom. The number of primary amides is 1. The molecule has 9 heteroatoms. The maximum absolute atomic E-state index is 12.7. The van der Waals surface area contributed by atoms with Gasteiger partial charge in [0.05, 0.1) is 10.4 Å². The zero-order valence-electron chi connectivity index (χ0n) is 22.0. The van der Waals surface area contributed by atoms with Crippen LogP contribution in [0.1, 0.15) is 15.9 Å². The summed E-state index contributed by atoms with van der Waals surface area (Å²) >= 11 is 0. The average Bonchev–Trinajstić information content (AvgIpc) is 2.99. The quantitative estimate of drug-likeness (QED) is 0.128. The van der Waals surface area contributed by atoms with Crippen molar-refractivity contribution < 1.29 is 33.6 Å². The van der Waals surface area contributed by atoms with Crippen LogP contribution in [-0.2, 0) is 30.4 Å². The minimum absolute atomic E-state index is 0. The fraction of sp³-hybridized carbons (Fsp3) is 0.0312. The van der Waals surface area contributed by atoms with Gasteiger partial charge in [0.25, 0.3) is 0 Å². The molecule has 4 aromatic carbocycles. The Morgan fingerprint density at radius 1 is 0.780 bits per heavy atom. The molecule has 6 aromatic rings. The molecule has 1 amide bonds. The predicted molar refractivity (Wildman–Crippen MR) is 159 cm³/mol. The van der Waals surface area contributed by atoms with Crippen molar-refractivity contribution in [2.45, 2.75) is 11.8 Å². The Labute approximate surface area is 253 Å². The third-order valence-electron chi connectivity index (χ3n) is 5.70. The van der Waals surface area contributed by atoms with Crippen LogP contribution in [-0.4, -0.2) is 24.3 Å². The predicted octanol–water partition coefficient (Wildman–Crippen LogP) is 6.76. The standard InChI is InChI=1S/C20H15N2O2S.C7H6NO.C5H5N.Pd/c1-14-7-11-17(12-8-14)25(23,24)22-18-6-2-4-15-9-10-16-5-3-13-21-20(16)19(15)18;8-7(9)6-4-2-1-3-5-6;1-2-4-6-5-3-1;/h2-13H,1H3;2-5H,(H2,8,9);1-5H;/q2*-1;;+2. The number of hydrogen-bond acceptors (Lipinski definition) is 5. The molecule has 0 radical (unpaired) electrons. The number of carbonyl (C=O) groups is 1. The van der Waals surface area contributed by atoms with Gasteiger partial charge in [-0.2, -0.15) is 30.3 Å². The number of rotatable bonds is 4. The number of aryl methyl sites for hydroxylation is 1. The minimum atomic E-state index is -3.79. The van der Waals surface area contributed by atoms with Crippen molar-refractivity contribution >= 4 is 43.3 Å². The van der Waals surface area contributed by atoms with Crippen LogP contribution in [0.25, 0.3) is 26.4 Å². The summed E-state index contributed by atoms with van der Waals surface area (Å²) in [5, 5.41) is 2.60. The van der Waals surface area contributed by atoms with Crippen molar-refractivity contribution in [1.29, 1.82) is 0 Å². The molecule has 0 unspecified atom stereocenters. The van der Waals surface area contributed by atoms with Crippen LogP contribution < -0.4 is 5.73 Å². The average molecular weight is 653 g/mol. The largest absolute Gasteiger partial charge is 2.00 e. The van der Waals surface area contributed by atoms with Crippen molar-refractivity contribution in [1.82, 2.24) is 9.97 Å². The van der Waals surface area contributed by atoms with Crippen LogP contribution in [0.15, 0.2) is 133 Å². The van der Waals surface area contributed by atoms with Crippen LogP contribution in [0.3, 0.4) is 0 Å². The summed E-state index contributed by atoms with van der Waals surface area (Å²) in [5.41, 5.74) is 7.64. The fourth-order valence-electron chi connectivity index (χ4n) is 3.73. The molecule has 0 bridgehead atoms. The third kappa shape index (κ3) is 8.53. The van der Waals surface area contributed by atoms with Crippen LogP contribution >= 0.6 is 0 Å². The fourth-order valence-corrected chi connectivity index (χ4v) is 4.72. The molecule has 0 aliphatic rings. The first-order valence-electron chi connectivity index (χ1n) is 12.3. The first-order valence-corrected chi connectivity index (χ1v) is 13.7. The molecule has 7 nitrogen and oxygen atoms in total. The van der Waals surface area contributed by atoms with Gasteiger partial charge >= 0.3 is 20.4 Å².